The minimum Gasteiger partial charge on any atom is -0.488 e. The van der Waals surface area contributed by atoms with Crippen molar-refractivity contribution >= 4 is 10.9 Å². The Kier molecular flexibility index (Phi) is 3.60. The van der Waals surface area contributed by atoms with Gasteiger partial charge in [-0.15, -0.1) is 0 Å². The molecule has 0 bridgehead atoms. The van der Waals surface area contributed by atoms with Gasteiger partial charge in [-0.3, -0.25) is 0 Å². The molecule has 0 saturated heterocycles. The minimum atomic E-state index is 0.214. The van der Waals surface area contributed by atoms with Crippen molar-refractivity contribution in [2.24, 2.45) is 11.7 Å². The maximum atomic E-state index is 6.19. The lowest BCUT2D eigenvalue weighted by molar-refractivity contribution is 0.0981. The summed E-state index contributed by atoms with van der Waals surface area (Å²) in [4.78, 5) is 0. The standard InChI is InChI=1S/C15H19N3O/c16-9-11-5-1-4-8-14(11)19-15-10-17-18-13-7-3-2-6-12(13)15/h2-3,6-7,10-11,14H,1,4-5,8-9,16H2. The summed E-state index contributed by atoms with van der Waals surface area (Å²) >= 11 is 0. The largest absolute Gasteiger partial charge is 0.488 e. The van der Waals surface area contributed by atoms with Gasteiger partial charge >= 0.3 is 0 Å². The number of fused-ring (bicyclic) bond motifs is 1. The van der Waals surface area contributed by atoms with Crippen LogP contribution >= 0.6 is 0 Å². The first-order valence-electron chi connectivity index (χ1n) is 6.95. The molecule has 0 amide bonds. The third kappa shape index (κ3) is 2.54. The van der Waals surface area contributed by atoms with E-state index < -0.39 is 0 Å². The summed E-state index contributed by atoms with van der Waals surface area (Å²) in [5, 5.41) is 9.17. The molecule has 1 aromatic heterocycles. The summed E-state index contributed by atoms with van der Waals surface area (Å²) in [5.41, 5.74) is 6.73. The normalized spacial score (nSPS) is 23.4. The molecule has 1 aliphatic carbocycles. The number of hydrogen-bond acceptors (Lipinski definition) is 4. The fraction of sp³-hybridized carbons (Fsp3) is 0.467. The Morgan fingerprint density at radius 2 is 2.05 bits per heavy atom. The van der Waals surface area contributed by atoms with Gasteiger partial charge in [0.25, 0.3) is 0 Å². The molecule has 4 nitrogen and oxygen atoms in total. The van der Waals surface area contributed by atoms with Gasteiger partial charge in [0.2, 0.25) is 0 Å². The molecule has 3 rings (SSSR count). The molecule has 19 heavy (non-hydrogen) atoms. The number of nitrogens with two attached hydrogens (primary N) is 1. The first-order valence-corrected chi connectivity index (χ1v) is 6.95. The first kappa shape index (κ1) is 12.4. The Labute approximate surface area is 113 Å². The van der Waals surface area contributed by atoms with Crippen LogP contribution in [0.5, 0.6) is 5.75 Å². The molecule has 2 unspecified atom stereocenters. The van der Waals surface area contributed by atoms with E-state index in [0.29, 0.717) is 12.5 Å². The van der Waals surface area contributed by atoms with E-state index in [1.165, 1.54) is 12.8 Å². The van der Waals surface area contributed by atoms with Crippen LogP contribution in [0.1, 0.15) is 25.7 Å². The maximum Gasteiger partial charge on any atom is 0.149 e. The van der Waals surface area contributed by atoms with E-state index in [2.05, 4.69) is 10.2 Å². The molecule has 0 radical (unpaired) electrons. The van der Waals surface area contributed by atoms with E-state index >= 15 is 0 Å². The molecule has 2 N–H and O–H groups in total. The number of hydrogen-bond donors (Lipinski definition) is 1. The Hall–Kier alpha value is -1.68. The molecular formula is C15H19N3O. The van der Waals surface area contributed by atoms with Crippen molar-refractivity contribution < 1.29 is 4.74 Å². The van der Waals surface area contributed by atoms with Crippen molar-refractivity contribution in [1.29, 1.82) is 0 Å². The topological polar surface area (TPSA) is 61.0 Å². The van der Waals surface area contributed by atoms with Crippen LogP contribution in [-0.2, 0) is 0 Å². The second-order valence-corrected chi connectivity index (χ2v) is 5.16. The Morgan fingerprint density at radius 3 is 2.95 bits per heavy atom. The summed E-state index contributed by atoms with van der Waals surface area (Å²) in [6.45, 7) is 0.696. The second kappa shape index (κ2) is 5.53. The quantitative estimate of drug-likeness (QED) is 0.917. The fourth-order valence-electron chi connectivity index (χ4n) is 2.84. The van der Waals surface area contributed by atoms with E-state index in [4.69, 9.17) is 10.5 Å². The van der Waals surface area contributed by atoms with Crippen LogP contribution in [0.4, 0.5) is 0 Å². The van der Waals surface area contributed by atoms with Gasteiger partial charge in [0.05, 0.1) is 11.7 Å². The summed E-state index contributed by atoms with van der Waals surface area (Å²) in [6.07, 6.45) is 6.65. The molecule has 1 heterocycles. The zero-order chi connectivity index (χ0) is 13.1. The van der Waals surface area contributed by atoms with Gasteiger partial charge in [0, 0.05) is 11.3 Å². The maximum absolute atomic E-state index is 6.19. The lowest BCUT2D eigenvalue weighted by atomic mass is 9.86. The highest BCUT2D eigenvalue weighted by Gasteiger charge is 2.26. The molecule has 0 aliphatic heterocycles. The zero-order valence-electron chi connectivity index (χ0n) is 11.0. The van der Waals surface area contributed by atoms with Crippen molar-refractivity contribution in [2.45, 2.75) is 31.8 Å². The van der Waals surface area contributed by atoms with Crippen LogP contribution in [0.15, 0.2) is 30.5 Å². The van der Waals surface area contributed by atoms with Gasteiger partial charge in [0.15, 0.2) is 0 Å². The van der Waals surface area contributed by atoms with Gasteiger partial charge in [-0.05, 0) is 37.9 Å². The molecule has 1 aromatic carbocycles. The SMILES string of the molecule is NCC1CCCCC1Oc1cnnc2ccccc12. The van der Waals surface area contributed by atoms with Crippen molar-refractivity contribution in [3.63, 3.8) is 0 Å². The summed E-state index contributed by atoms with van der Waals surface area (Å²) in [5.74, 6) is 1.29. The molecule has 2 aromatic rings. The molecule has 4 heteroatoms. The second-order valence-electron chi connectivity index (χ2n) is 5.16. The number of ether oxygens (including phenoxy) is 1. The first-order chi connectivity index (χ1) is 9.38. The number of nitrogens with zero attached hydrogens (tertiary/aromatic N) is 2. The summed E-state index contributed by atoms with van der Waals surface area (Å²) in [7, 11) is 0. The van der Waals surface area contributed by atoms with Crippen molar-refractivity contribution in [3.8, 4) is 5.75 Å². The predicted molar refractivity (Wildman–Crippen MR) is 75.0 cm³/mol. The zero-order valence-corrected chi connectivity index (χ0v) is 11.0. The molecule has 0 spiro atoms. The summed E-state index contributed by atoms with van der Waals surface area (Å²) in [6, 6.07) is 7.94. The van der Waals surface area contributed by atoms with Crippen LogP contribution in [0.3, 0.4) is 0 Å². The Balaban J connectivity index is 1.88. The Morgan fingerprint density at radius 1 is 1.21 bits per heavy atom. The van der Waals surface area contributed by atoms with Gasteiger partial charge < -0.3 is 10.5 Å². The number of aromatic nitrogens is 2. The van der Waals surface area contributed by atoms with Crippen LogP contribution < -0.4 is 10.5 Å². The molecule has 1 aliphatic rings. The third-order valence-corrected chi connectivity index (χ3v) is 3.93. The number of rotatable bonds is 3. The van der Waals surface area contributed by atoms with E-state index in [-0.39, 0.29) is 6.10 Å². The minimum absolute atomic E-state index is 0.214. The smallest absolute Gasteiger partial charge is 0.149 e. The molecule has 1 fully saturated rings. The highest BCUT2D eigenvalue weighted by atomic mass is 16.5. The van der Waals surface area contributed by atoms with E-state index in [0.717, 1.165) is 29.5 Å². The van der Waals surface area contributed by atoms with Crippen LogP contribution in [0, 0.1) is 5.92 Å². The van der Waals surface area contributed by atoms with Gasteiger partial charge in [-0.1, -0.05) is 18.6 Å². The van der Waals surface area contributed by atoms with Crippen molar-refractivity contribution in [3.05, 3.63) is 30.5 Å². The van der Waals surface area contributed by atoms with E-state index in [1.54, 1.807) is 6.20 Å². The molecular weight excluding hydrogens is 238 g/mol. The molecule has 1 saturated carbocycles. The lowest BCUT2D eigenvalue weighted by Crippen LogP contribution is -2.35. The fourth-order valence-corrected chi connectivity index (χ4v) is 2.84. The van der Waals surface area contributed by atoms with Crippen molar-refractivity contribution in [2.75, 3.05) is 6.54 Å². The molecule has 2 atom stereocenters. The van der Waals surface area contributed by atoms with Gasteiger partial charge in [-0.2, -0.15) is 10.2 Å². The van der Waals surface area contributed by atoms with Crippen LogP contribution in [0.2, 0.25) is 0 Å². The van der Waals surface area contributed by atoms with Crippen LogP contribution in [-0.4, -0.2) is 22.8 Å². The average molecular weight is 257 g/mol. The van der Waals surface area contributed by atoms with E-state index in [9.17, 15) is 0 Å². The monoisotopic (exact) mass is 257 g/mol. The van der Waals surface area contributed by atoms with E-state index in [1.807, 2.05) is 24.3 Å². The van der Waals surface area contributed by atoms with Gasteiger partial charge in [0.1, 0.15) is 11.9 Å². The third-order valence-electron chi connectivity index (χ3n) is 3.93. The van der Waals surface area contributed by atoms with Crippen molar-refractivity contribution in [1.82, 2.24) is 10.2 Å². The summed E-state index contributed by atoms with van der Waals surface area (Å²) < 4.78 is 6.19. The van der Waals surface area contributed by atoms with Gasteiger partial charge in [-0.25, -0.2) is 0 Å². The van der Waals surface area contributed by atoms with Crippen LogP contribution in [0.25, 0.3) is 10.9 Å². The Bertz CT molecular complexity index is 553. The highest BCUT2D eigenvalue weighted by molar-refractivity contribution is 5.83. The highest BCUT2D eigenvalue weighted by Crippen LogP contribution is 2.30. The molecule has 100 valence electrons. The lowest BCUT2D eigenvalue weighted by Gasteiger charge is -2.31. The predicted octanol–water partition coefficient (Wildman–Crippen LogP) is 2.53. The number of benzene rings is 1. The average Bonchev–Trinajstić information content (AvgIpc) is 2.48.